The Morgan fingerprint density at radius 1 is 0.846 bits per heavy atom. The summed E-state index contributed by atoms with van der Waals surface area (Å²) in [5, 5.41) is 0. The molecule has 4 atom stereocenters. The molecule has 4 aromatic rings. The molecule has 5 heterocycles. The van der Waals surface area contributed by atoms with Gasteiger partial charge in [-0.2, -0.15) is 0 Å². The third-order valence-corrected chi connectivity index (χ3v) is 9.46. The number of fused-ring (bicyclic) bond motifs is 8. The smallest absolute Gasteiger partial charge is 0.157 e. The molecule has 1 aromatic heterocycles. The van der Waals surface area contributed by atoms with Crippen molar-refractivity contribution in [2.45, 2.75) is 51.5 Å². The number of para-hydroxylation sites is 1. The Kier molecular flexibility index (Phi) is 4.43. The number of aryl methyl sites for hydroxylation is 3. The highest BCUT2D eigenvalue weighted by molar-refractivity contribution is 5.85. The molecular formula is C33H32N6. The van der Waals surface area contributed by atoms with E-state index in [1.165, 1.54) is 44.8 Å². The molecule has 0 saturated heterocycles. The van der Waals surface area contributed by atoms with Gasteiger partial charge < -0.3 is 19.6 Å². The molecule has 0 bridgehead atoms. The molecule has 0 N–H and O–H groups in total. The highest BCUT2D eigenvalue weighted by atomic mass is 15.5. The number of hydrogen-bond donors (Lipinski definition) is 0. The second-order valence-electron chi connectivity index (χ2n) is 11.6. The number of likely N-dealkylation sites (N-methyl/N-ethyl adjacent to an activating group) is 1. The van der Waals surface area contributed by atoms with Crippen LogP contribution in [0.25, 0.3) is 0 Å². The summed E-state index contributed by atoms with van der Waals surface area (Å²) in [7, 11) is 2.18. The quantitative estimate of drug-likeness (QED) is 0.300. The molecule has 39 heavy (non-hydrogen) atoms. The lowest BCUT2D eigenvalue weighted by atomic mass is 9.86. The zero-order chi connectivity index (χ0) is 26.6. The maximum atomic E-state index is 4.70. The molecule has 0 spiro atoms. The first kappa shape index (κ1) is 22.6. The molecular weight excluding hydrogens is 480 g/mol. The summed E-state index contributed by atoms with van der Waals surface area (Å²) in [5.74, 6) is 1.20. The van der Waals surface area contributed by atoms with Crippen LogP contribution in [0.2, 0.25) is 0 Å². The average molecular weight is 513 g/mol. The summed E-state index contributed by atoms with van der Waals surface area (Å²) in [6.07, 6.45) is 8.36. The van der Waals surface area contributed by atoms with E-state index in [9.17, 15) is 0 Å². The van der Waals surface area contributed by atoms with Crippen molar-refractivity contribution in [2.24, 2.45) is 0 Å². The molecule has 3 aromatic carbocycles. The minimum atomic E-state index is -0.335. The van der Waals surface area contributed by atoms with Gasteiger partial charge >= 0.3 is 0 Å². The van der Waals surface area contributed by atoms with Crippen molar-refractivity contribution in [2.75, 3.05) is 21.7 Å². The van der Waals surface area contributed by atoms with E-state index in [1.54, 1.807) is 6.33 Å². The largest absolute Gasteiger partial charge is 0.342 e. The highest BCUT2D eigenvalue weighted by Gasteiger charge is 2.59. The van der Waals surface area contributed by atoms with E-state index in [1.807, 2.05) is 6.20 Å². The summed E-state index contributed by atoms with van der Waals surface area (Å²) in [5.41, 5.74) is 11.4. The normalized spacial score (nSPS) is 25.6. The Labute approximate surface area is 229 Å². The van der Waals surface area contributed by atoms with E-state index in [0.29, 0.717) is 0 Å². The van der Waals surface area contributed by atoms with Crippen LogP contribution in [-0.2, 0) is 5.66 Å². The Morgan fingerprint density at radius 2 is 1.56 bits per heavy atom. The first-order valence-electron chi connectivity index (χ1n) is 13.8. The molecule has 6 heteroatoms. The average Bonchev–Trinajstić information content (AvgIpc) is 3.60. The maximum absolute atomic E-state index is 4.70. The van der Waals surface area contributed by atoms with Gasteiger partial charge in [0.2, 0.25) is 0 Å². The van der Waals surface area contributed by atoms with Crippen LogP contribution >= 0.6 is 0 Å². The number of benzene rings is 3. The monoisotopic (exact) mass is 512 g/mol. The highest BCUT2D eigenvalue weighted by Crippen LogP contribution is 2.63. The number of rotatable bonds is 2. The van der Waals surface area contributed by atoms with Crippen LogP contribution in [0.15, 0.2) is 85.6 Å². The minimum Gasteiger partial charge on any atom is -0.342 e. The summed E-state index contributed by atoms with van der Waals surface area (Å²) < 4.78 is 0. The van der Waals surface area contributed by atoms with Crippen molar-refractivity contribution in [3.63, 3.8) is 0 Å². The van der Waals surface area contributed by atoms with Crippen LogP contribution in [0.3, 0.4) is 0 Å². The van der Waals surface area contributed by atoms with Gasteiger partial charge in [0.1, 0.15) is 23.8 Å². The number of nitrogens with zero attached hydrogens (tertiary/aromatic N) is 6. The zero-order valence-corrected chi connectivity index (χ0v) is 23.0. The van der Waals surface area contributed by atoms with Gasteiger partial charge in [-0.05, 0) is 56.0 Å². The first-order valence-corrected chi connectivity index (χ1v) is 13.8. The van der Waals surface area contributed by atoms with E-state index in [4.69, 9.17) is 4.98 Å². The summed E-state index contributed by atoms with van der Waals surface area (Å²) in [4.78, 5) is 19.0. The van der Waals surface area contributed by atoms with Crippen molar-refractivity contribution in [1.29, 1.82) is 0 Å². The molecule has 8 rings (SSSR count). The third-order valence-electron chi connectivity index (χ3n) is 9.46. The summed E-state index contributed by atoms with van der Waals surface area (Å²) in [6, 6.07) is 22.7. The SMILES string of the molecule is Cc1cc(C)c(N2C=CN3[C@@H](C4c5ccccc5N5c6cncnc6N(C)C45)c4ccccc4C23C)c(C)c1. The zero-order valence-electron chi connectivity index (χ0n) is 23.0. The Bertz CT molecular complexity index is 1670. The lowest BCUT2D eigenvalue weighted by Gasteiger charge is -2.44. The first-order chi connectivity index (χ1) is 18.9. The van der Waals surface area contributed by atoms with Gasteiger partial charge in [-0.25, -0.2) is 9.97 Å². The van der Waals surface area contributed by atoms with Gasteiger partial charge in [0.25, 0.3) is 0 Å². The van der Waals surface area contributed by atoms with Gasteiger partial charge in [0.05, 0.1) is 18.2 Å². The van der Waals surface area contributed by atoms with Crippen molar-refractivity contribution in [3.8, 4) is 0 Å². The summed E-state index contributed by atoms with van der Waals surface area (Å²) in [6.45, 7) is 9.05. The van der Waals surface area contributed by atoms with Crippen LogP contribution < -0.4 is 14.7 Å². The molecule has 0 aliphatic carbocycles. The van der Waals surface area contributed by atoms with Gasteiger partial charge in [-0.3, -0.25) is 0 Å². The topological polar surface area (TPSA) is 38.7 Å². The molecule has 4 aliphatic heterocycles. The molecule has 3 unspecified atom stereocenters. The fourth-order valence-corrected chi connectivity index (χ4v) is 8.09. The maximum Gasteiger partial charge on any atom is 0.157 e. The second-order valence-corrected chi connectivity index (χ2v) is 11.6. The predicted octanol–water partition coefficient (Wildman–Crippen LogP) is 6.63. The van der Waals surface area contributed by atoms with Gasteiger partial charge in [-0.1, -0.05) is 60.2 Å². The molecule has 6 nitrogen and oxygen atoms in total. The Morgan fingerprint density at radius 3 is 2.36 bits per heavy atom. The van der Waals surface area contributed by atoms with E-state index in [2.05, 4.69) is 132 Å². The van der Waals surface area contributed by atoms with Gasteiger partial charge in [0, 0.05) is 36.4 Å². The molecule has 0 fully saturated rings. The van der Waals surface area contributed by atoms with Crippen LogP contribution in [-0.4, -0.2) is 28.1 Å². The lowest BCUT2D eigenvalue weighted by molar-refractivity contribution is 0.142. The molecule has 0 amide bonds. The van der Waals surface area contributed by atoms with Crippen molar-refractivity contribution >= 4 is 22.9 Å². The van der Waals surface area contributed by atoms with Crippen molar-refractivity contribution in [3.05, 3.63) is 119 Å². The van der Waals surface area contributed by atoms with E-state index < -0.39 is 0 Å². The number of hydrogen-bond acceptors (Lipinski definition) is 6. The lowest BCUT2D eigenvalue weighted by Crippen LogP contribution is -2.48. The minimum absolute atomic E-state index is 0.111. The van der Waals surface area contributed by atoms with Gasteiger partial charge in [-0.15, -0.1) is 0 Å². The number of anilines is 4. The second kappa shape index (κ2) is 7.63. The van der Waals surface area contributed by atoms with E-state index in [0.717, 1.165) is 11.5 Å². The van der Waals surface area contributed by atoms with Crippen molar-refractivity contribution in [1.82, 2.24) is 14.9 Å². The van der Waals surface area contributed by atoms with Gasteiger partial charge in [0.15, 0.2) is 5.82 Å². The van der Waals surface area contributed by atoms with E-state index >= 15 is 0 Å². The van der Waals surface area contributed by atoms with Crippen LogP contribution in [0.4, 0.5) is 22.9 Å². The fourth-order valence-electron chi connectivity index (χ4n) is 8.09. The van der Waals surface area contributed by atoms with Crippen molar-refractivity contribution < 1.29 is 0 Å². The van der Waals surface area contributed by atoms with Crippen LogP contribution in [0.1, 0.15) is 52.3 Å². The van der Waals surface area contributed by atoms with Crippen LogP contribution in [0, 0.1) is 20.8 Å². The predicted molar refractivity (Wildman–Crippen MR) is 156 cm³/mol. The Hall–Kier alpha value is -4.32. The van der Waals surface area contributed by atoms with E-state index in [-0.39, 0.29) is 23.8 Å². The number of aromatic nitrogens is 2. The Balaban J connectivity index is 1.32. The van der Waals surface area contributed by atoms with Crippen LogP contribution in [0.5, 0.6) is 0 Å². The molecule has 0 radical (unpaired) electrons. The third kappa shape index (κ3) is 2.71. The summed E-state index contributed by atoms with van der Waals surface area (Å²) >= 11 is 0. The molecule has 4 aliphatic rings. The molecule has 0 saturated carbocycles. The fraction of sp³-hybridized carbons (Fsp3) is 0.273. The standard InChI is InChI=1S/C33H32N6/c1-20-16-21(2)29(22(3)17-20)37-14-15-38-30(23-10-6-8-12-25(23)33(37,38)4)28-24-11-7-9-13-26(24)39-27-18-34-19-35-31(27)36(5)32(28)39/h6-19,28,30,32H,1-5H3/t28?,30-,32?,33?/m1/s1. The molecule has 194 valence electrons.